The van der Waals surface area contributed by atoms with Crippen molar-refractivity contribution < 1.29 is 14.3 Å². The maximum absolute atomic E-state index is 13.0. The van der Waals surface area contributed by atoms with Crippen molar-refractivity contribution in [2.75, 3.05) is 0 Å². The van der Waals surface area contributed by atoms with Gasteiger partial charge in [0, 0.05) is 12.1 Å². The van der Waals surface area contributed by atoms with Gasteiger partial charge in [0.2, 0.25) is 0 Å². The van der Waals surface area contributed by atoms with Crippen molar-refractivity contribution in [2.45, 2.75) is 13.5 Å². The molecular formula is C15H14FNO2. The summed E-state index contributed by atoms with van der Waals surface area (Å²) in [7, 11) is 0. The van der Waals surface area contributed by atoms with Crippen LogP contribution in [0.3, 0.4) is 0 Å². The summed E-state index contributed by atoms with van der Waals surface area (Å²) < 4.78 is 13.0. The number of hydrogen-bond acceptors (Lipinski definition) is 2. The summed E-state index contributed by atoms with van der Waals surface area (Å²) in [5.74, 6) is -0.429. The Labute approximate surface area is 110 Å². The minimum atomic E-state index is -0.327. The first-order valence-electron chi connectivity index (χ1n) is 5.88. The summed E-state index contributed by atoms with van der Waals surface area (Å²) in [5, 5.41) is 12.1. The molecule has 0 aliphatic carbocycles. The van der Waals surface area contributed by atoms with Crippen LogP contribution in [0.15, 0.2) is 42.5 Å². The molecule has 4 heteroatoms. The van der Waals surface area contributed by atoms with Crippen LogP contribution in [-0.4, -0.2) is 11.0 Å². The van der Waals surface area contributed by atoms with Crippen molar-refractivity contribution in [2.24, 2.45) is 0 Å². The number of nitrogens with one attached hydrogen (secondary N) is 1. The quantitative estimate of drug-likeness (QED) is 0.890. The fraction of sp³-hybridized carbons (Fsp3) is 0.133. The lowest BCUT2D eigenvalue weighted by molar-refractivity contribution is 0.0950. The molecule has 0 spiro atoms. The topological polar surface area (TPSA) is 49.3 Å². The summed E-state index contributed by atoms with van der Waals surface area (Å²) in [6, 6.07) is 10.7. The molecule has 0 saturated carbocycles. The first-order chi connectivity index (χ1) is 9.06. The van der Waals surface area contributed by atoms with Gasteiger partial charge in [0.1, 0.15) is 11.6 Å². The second-order valence-corrected chi connectivity index (χ2v) is 4.31. The molecule has 0 aliphatic heterocycles. The first-order valence-corrected chi connectivity index (χ1v) is 5.88. The van der Waals surface area contributed by atoms with Crippen molar-refractivity contribution in [3.05, 3.63) is 65.0 Å². The van der Waals surface area contributed by atoms with E-state index in [1.54, 1.807) is 31.2 Å². The highest BCUT2D eigenvalue weighted by Gasteiger charge is 2.07. The highest BCUT2D eigenvalue weighted by Crippen LogP contribution is 2.16. The zero-order valence-electron chi connectivity index (χ0n) is 10.5. The zero-order valence-corrected chi connectivity index (χ0v) is 10.5. The molecule has 2 rings (SSSR count). The summed E-state index contributed by atoms with van der Waals surface area (Å²) in [4.78, 5) is 11.9. The number of hydrogen-bond donors (Lipinski definition) is 2. The number of aryl methyl sites for hydroxylation is 1. The summed E-state index contributed by atoms with van der Waals surface area (Å²) in [6.45, 7) is 1.98. The van der Waals surface area contributed by atoms with Crippen LogP contribution in [0, 0.1) is 12.7 Å². The van der Waals surface area contributed by atoms with Crippen LogP contribution >= 0.6 is 0 Å². The Bertz CT molecular complexity index is 611. The van der Waals surface area contributed by atoms with Crippen molar-refractivity contribution in [3.63, 3.8) is 0 Å². The number of benzene rings is 2. The van der Waals surface area contributed by atoms with Crippen LogP contribution in [0.1, 0.15) is 21.5 Å². The molecule has 0 unspecified atom stereocenters. The molecule has 0 atom stereocenters. The molecule has 0 fully saturated rings. The van der Waals surface area contributed by atoms with Crippen LogP contribution in [0.5, 0.6) is 5.75 Å². The Kier molecular flexibility index (Phi) is 3.80. The van der Waals surface area contributed by atoms with Gasteiger partial charge >= 0.3 is 0 Å². The Morgan fingerprint density at radius 1 is 1.26 bits per heavy atom. The zero-order chi connectivity index (χ0) is 13.8. The lowest BCUT2D eigenvalue weighted by Crippen LogP contribution is -2.22. The molecule has 0 aliphatic rings. The number of halogens is 1. The van der Waals surface area contributed by atoms with Gasteiger partial charge < -0.3 is 10.4 Å². The second-order valence-electron chi connectivity index (χ2n) is 4.31. The number of phenolic OH excluding ortho intramolecular Hbond substituents is 1. The number of amides is 1. The third-order valence-corrected chi connectivity index (χ3v) is 2.80. The molecule has 2 N–H and O–H groups in total. The number of phenols is 1. The van der Waals surface area contributed by atoms with Gasteiger partial charge in [-0.1, -0.05) is 12.1 Å². The molecule has 3 nitrogen and oxygen atoms in total. The molecular weight excluding hydrogens is 245 g/mol. The van der Waals surface area contributed by atoms with E-state index in [4.69, 9.17) is 0 Å². The van der Waals surface area contributed by atoms with Gasteiger partial charge in [0.15, 0.2) is 0 Å². The van der Waals surface area contributed by atoms with E-state index >= 15 is 0 Å². The van der Waals surface area contributed by atoms with E-state index in [0.717, 1.165) is 0 Å². The Morgan fingerprint density at radius 2 is 2.05 bits per heavy atom. The third kappa shape index (κ3) is 3.31. The molecule has 0 heterocycles. The maximum atomic E-state index is 13.0. The average molecular weight is 259 g/mol. The molecule has 0 bridgehead atoms. The van der Waals surface area contributed by atoms with Crippen LogP contribution in [-0.2, 0) is 6.54 Å². The number of aromatic hydroxyl groups is 1. The van der Waals surface area contributed by atoms with Gasteiger partial charge in [-0.15, -0.1) is 0 Å². The summed E-state index contributed by atoms with van der Waals surface area (Å²) in [6.07, 6.45) is 0. The molecule has 2 aromatic rings. The van der Waals surface area contributed by atoms with Crippen molar-refractivity contribution >= 4 is 5.91 Å². The van der Waals surface area contributed by atoms with E-state index in [2.05, 4.69) is 5.32 Å². The SMILES string of the molecule is Cc1cc(C(=O)NCc2cccc(F)c2)ccc1O. The monoisotopic (exact) mass is 259 g/mol. The lowest BCUT2D eigenvalue weighted by Gasteiger charge is -2.07. The van der Waals surface area contributed by atoms with Crippen LogP contribution in [0.25, 0.3) is 0 Å². The maximum Gasteiger partial charge on any atom is 0.251 e. The van der Waals surface area contributed by atoms with E-state index in [-0.39, 0.29) is 24.0 Å². The molecule has 0 aromatic heterocycles. The lowest BCUT2D eigenvalue weighted by atomic mass is 10.1. The van der Waals surface area contributed by atoms with E-state index in [0.29, 0.717) is 16.7 Å². The van der Waals surface area contributed by atoms with E-state index in [9.17, 15) is 14.3 Å². The molecule has 0 saturated heterocycles. The standard InChI is InChI=1S/C15H14FNO2/c1-10-7-12(5-6-14(10)18)15(19)17-9-11-3-2-4-13(16)8-11/h2-8,18H,9H2,1H3,(H,17,19). The minimum Gasteiger partial charge on any atom is -0.508 e. The van der Waals surface area contributed by atoms with E-state index in [1.807, 2.05) is 0 Å². The highest BCUT2D eigenvalue weighted by atomic mass is 19.1. The summed E-state index contributed by atoms with van der Waals surface area (Å²) in [5.41, 5.74) is 1.80. The minimum absolute atomic E-state index is 0.154. The third-order valence-electron chi connectivity index (χ3n) is 2.80. The predicted octanol–water partition coefficient (Wildman–Crippen LogP) is 2.77. The number of carbonyl (C=O) groups is 1. The molecule has 1 amide bonds. The molecule has 2 aromatic carbocycles. The summed E-state index contributed by atoms with van der Waals surface area (Å²) >= 11 is 0. The smallest absolute Gasteiger partial charge is 0.251 e. The van der Waals surface area contributed by atoms with Gasteiger partial charge in [-0.3, -0.25) is 4.79 Å². The number of carbonyl (C=O) groups excluding carboxylic acids is 1. The largest absolute Gasteiger partial charge is 0.508 e. The molecule has 0 radical (unpaired) electrons. The van der Waals surface area contributed by atoms with Crippen molar-refractivity contribution in [1.82, 2.24) is 5.32 Å². The molecule has 98 valence electrons. The Balaban J connectivity index is 2.03. The predicted molar refractivity (Wildman–Crippen MR) is 70.4 cm³/mol. The van der Waals surface area contributed by atoms with Crippen LogP contribution < -0.4 is 5.32 Å². The van der Waals surface area contributed by atoms with Crippen molar-refractivity contribution in [3.8, 4) is 5.75 Å². The van der Waals surface area contributed by atoms with Gasteiger partial charge in [-0.25, -0.2) is 4.39 Å². The van der Waals surface area contributed by atoms with Crippen LogP contribution in [0.2, 0.25) is 0 Å². The van der Waals surface area contributed by atoms with E-state index < -0.39 is 0 Å². The Hall–Kier alpha value is -2.36. The normalized spacial score (nSPS) is 10.2. The Morgan fingerprint density at radius 3 is 2.74 bits per heavy atom. The number of rotatable bonds is 3. The highest BCUT2D eigenvalue weighted by molar-refractivity contribution is 5.94. The van der Waals surface area contributed by atoms with Crippen molar-refractivity contribution in [1.29, 1.82) is 0 Å². The van der Waals surface area contributed by atoms with Gasteiger partial charge in [0.05, 0.1) is 0 Å². The average Bonchev–Trinajstić information content (AvgIpc) is 2.39. The fourth-order valence-electron chi connectivity index (χ4n) is 1.73. The fourth-order valence-corrected chi connectivity index (χ4v) is 1.73. The van der Waals surface area contributed by atoms with Gasteiger partial charge in [0.25, 0.3) is 5.91 Å². The second kappa shape index (κ2) is 5.52. The van der Waals surface area contributed by atoms with Gasteiger partial charge in [-0.05, 0) is 48.4 Å². The van der Waals surface area contributed by atoms with Crippen LogP contribution in [0.4, 0.5) is 4.39 Å². The first kappa shape index (κ1) is 13.1. The van der Waals surface area contributed by atoms with Gasteiger partial charge in [-0.2, -0.15) is 0 Å². The van der Waals surface area contributed by atoms with E-state index in [1.165, 1.54) is 18.2 Å². The molecule has 19 heavy (non-hydrogen) atoms.